The molecule has 4 N–H and O–H groups in total. The van der Waals surface area contributed by atoms with Gasteiger partial charge in [-0.1, -0.05) is 178 Å². The SMILES string of the molecule is CC/C=C\C/C=C\C/C=C\C/C=C\CCCCCCCCCCC(=O)OC(COCCCCCCCCCCCCCCC)COC1OC(CO)C(O)C(OS(=O)(=O)O)C1O. The van der Waals surface area contributed by atoms with Crippen LogP contribution < -0.4 is 0 Å². The van der Waals surface area contributed by atoms with E-state index in [-0.39, 0.29) is 19.6 Å². The largest absolute Gasteiger partial charge is 0.457 e. The number of aliphatic hydroxyl groups is 3. The molecule has 0 bridgehead atoms. The van der Waals surface area contributed by atoms with E-state index in [9.17, 15) is 28.5 Å². The zero-order valence-corrected chi connectivity index (χ0v) is 38.8. The third-order valence-corrected chi connectivity index (χ3v) is 11.2. The van der Waals surface area contributed by atoms with Crippen molar-refractivity contribution in [1.29, 1.82) is 0 Å². The van der Waals surface area contributed by atoms with E-state index in [1.165, 1.54) is 89.9 Å². The lowest BCUT2D eigenvalue weighted by Crippen LogP contribution is -2.60. The summed E-state index contributed by atoms with van der Waals surface area (Å²) >= 11 is 0. The summed E-state index contributed by atoms with van der Waals surface area (Å²) in [6.45, 7) is 3.88. The number of unbranched alkanes of at least 4 members (excludes halogenated alkanes) is 20. The maximum atomic E-state index is 12.9. The molecule has 1 fully saturated rings. The van der Waals surface area contributed by atoms with E-state index < -0.39 is 59.8 Å². The molecule has 61 heavy (non-hydrogen) atoms. The van der Waals surface area contributed by atoms with Crippen LogP contribution in [0.4, 0.5) is 0 Å². The predicted octanol–water partition coefficient (Wildman–Crippen LogP) is 10.4. The Balaban J connectivity index is 2.39. The van der Waals surface area contributed by atoms with Gasteiger partial charge >= 0.3 is 16.4 Å². The minimum atomic E-state index is -5.06. The Labute approximate surface area is 370 Å². The van der Waals surface area contributed by atoms with Gasteiger partial charge in [-0.25, -0.2) is 4.18 Å². The van der Waals surface area contributed by atoms with Crippen LogP contribution in [0, 0.1) is 0 Å². The molecule has 0 aromatic heterocycles. The second-order valence-corrected chi connectivity index (χ2v) is 17.4. The minimum Gasteiger partial charge on any atom is -0.457 e. The predicted molar refractivity (Wildman–Crippen MR) is 243 cm³/mol. The molecular weight excluding hydrogens is 801 g/mol. The van der Waals surface area contributed by atoms with Gasteiger partial charge in [0.05, 0.1) is 19.8 Å². The van der Waals surface area contributed by atoms with Crippen LogP contribution in [0.15, 0.2) is 48.6 Å². The molecule has 1 aliphatic heterocycles. The lowest BCUT2D eigenvalue weighted by molar-refractivity contribution is -0.301. The molecule has 0 amide bonds. The molecule has 13 heteroatoms. The summed E-state index contributed by atoms with van der Waals surface area (Å²) in [5.41, 5.74) is 0. The molecule has 0 aromatic rings. The third kappa shape index (κ3) is 33.3. The molecule has 0 aromatic carbocycles. The highest BCUT2D eigenvalue weighted by atomic mass is 32.3. The molecule has 0 saturated carbocycles. The molecule has 1 rings (SSSR count). The van der Waals surface area contributed by atoms with Crippen molar-refractivity contribution in [2.75, 3.05) is 26.4 Å². The van der Waals surface area contributed by atoms with Gasteiger partial charge in [0.1, 0.15) is 30.5 Å². The van der Waals surface area contributed by atoms with Crippen LogP contribution in [0.25, 0.3) is 0 Å². The van der Waals surface area contributed by atoms with Crippen molar-refractivity contribution >= 4 is 16.4 Å². The standard InChI is InChI=1S/C48H86O12S/c1-3-5-7-9-11-13-15-17-18-19-20-21-22-23-24-25-27-29-31-33-35-37-44(50)58-42(40-56-38-36-34-32-30-28-26-16-14-12-10-8-6-4-2)41-57-48-46(52)47(60-61(53,54)55)45(51)43(39-49)59-48/h5,7,11,13,17-18,20-21,42-43,45-49,51-52H,3-4,6,8-10,12,14-16,19,22-41H2,1-2H3,(H,53,54,55)/b7-5-,13-11-,18-17-,21-20-. The lowest BCUT2D eigenvalue weighted by Gasteiger charge is -2.41. The van der Waals surface area contributed by atoms with Crippen molar-refractivity contribution in [3.63, 3.8) is 0 Å². The first kappa shape index (κ1) is 57.1. The highest BCUT2D eigenvalue weighted by Crippen LogP contribution is 2.26. The van der Waals surface area contributed by atoms with Gasteiger partial charge in [0.2, 0.25) is 0 Å². The number of hydrogen-bond donors (Lipinski definition) is 4. The number of carbonyl (C=O) groups is 1. The molecule has 6 unspecified atom stereocenters. The van der Waals surface area contributed by atoms with Crippen LogP contribution in [0.1, 0.15) is 187 Å². The molecule has 1 heterocycles. The van der Waals surface area contributed by atoms with Crippen LogP contribution in [-0.2, 0) is 38.3 Å². The Hall–Kier alpha value is -1.94. The number of ether oxygens (including phenoxy) is 4. The number of carbonyl (C=O) groups excluding carboxylic acids is 1. The fourth-order valence-corrected chi connectivity index (χ4v) is 7.64. The summed E-state index contributed by atoms with van der Waals surface area (Å²) in [4.78, 5) is 12.9. The number of allylic oxidation sites excluding steroid dienone is 8. The van der Waals surface area contributed by atoms with Gasteiger partial charge in [-0.3, -0.25) is 9.35 Å². The third-order valence-electron chi connectivity index (χ3n) is 10.7. The molecule has 0 spiro atoms. The quantitative estimate of drug-likeness (QED) is 0.0198. The fraction of sp³-hybridized carbons (Fsp3) is 0.812. The van der Waals surface area contributed by atoms with Gasteiger partial charge in [0.25, 0.3) is 0 Å². The molecule has 0 aliphatic carbocycles. The minimum absolute atomic E-state index is 0.0338. The van der Waals surface area contributed by atoms with Gasteiger partial charge in [-0.05, 0) is 51.4 Å². The molecular formula is C48H86O12S. The fourth-order valence-electron chi connectivity index (χ4n) is 7.13. The Morgan fingerprint density at radius 3 is 1.66 bits per heavy atom. The second-order valence-electron chi connectivity index (χ2n) is 16.3. The lowest BCUT2D eigenvalue weighted by atomic mass is 9.99. The average molecular weight is 887 g/mol. The van der Waals surface area contributed by atoms with Crippen LogP contribution in [0.2, 0.25) is 0 Å². The van der Waals surface area contributed by atoms with E-state index in [2.05, 4.69) is 66.6 Å². The number of aliphatic hydroxyl groups excluding tert-OH is 3. The van der Waals surface area contributed by atoms with Gasteiger partial charge in [0, 0.05) is 13.0 Å². The van der Waals surface area contributed by atoms with E-state index in [1.807, 2.05) is 0 Å². The first-order valence-corrected chi connectivity index (χ1v) is 25.3. The van der Waals surface area contributed by atoms with E-state index in [0.717, 1.165) is 70.6 Å². The topological polar surface area (TPSA) is 178 Å². The van der Waals surface area contributed by atoms with Crippen molar-refractivity contribution in [3.8, 4) is 0 Å². The van der Waals surface area contributed by atoms with Crippen molar-refractivity contribution in [1.82, 2.24) is 0 Å². The second kappa shape index (κ2) is 39.6. The highest BCUT2D eigenvalue weighted by Gasteiger charge is 2.48. The first-order valence-electron chi connectivity index (χ1n) is 23.9. The van der Waals surface area contributed by atoms with Gasteiger partial charge in [-0.2, -0.15) is 8.42 Å². The van der Waals surface area contributed by atoms with Gasteiger partial charge in [-0.15, -0.1) is 0 Å². The smallest absolute Gasteiger partial charge is 0.397 e. The van der Waals surface area contributed by atoms with Crippen molar-refractivity contribution < 1.29 is 56.2 Å². The summed E-state index contributed by atoms with van der Waals surface area (Å²) in [5, 5.41) is 30.7. The summed E-state index contributed by atoms with van der Waals surface area (Å²) < 4.78 is 59.1. The Morgan fingerprint density at radius 2 is 1.13 bits per heavy atom. The van der Waals surface area contributed by atoms with Crippen LogP contribution in [0.3, 0.4) is 0 Å². The summed E-state index contributed by atoms with van der Waals surface area (Å²) in [6, 6.07) is 0. The molecule has 6 atom stereocenters. The zero-order chi connectivity index (χ0) is 44.7. The zero-order valence-electron chi connectivity index (χ0n) is 38.0. The summed E-state index contributed by atoms with van der Waals surface area (Å²) in [5.74, 6) is -0.407. The summed E-state index contributed by atoms with van der Waals surface area (Å²) in [6.07, 6.45) is 38.5. The van der Waals surface area contributed by atoms with Crippen LogP contribution in [0.5, 0.6) is 0 Å². The molecule has 0 radical (unpaired) electrons. The molecule has 1 aliphatic rings. The van der Waals surface area contributed by atoms with Crippen molar-refractivity contribution in [2.24, 2.45) is 0 Å². The summed E-state index contributed by atoms with van der Waals surface area (Å²) in [7, 11) is -5.06. The molecule has 12 nitrogen and oxygen atoms in total. The maximum Gasteiger partial charge on any atom is 0.397 e. The van der Waals surface area contributed by atoms with E-state index in [4.69, 9.17) is 23.5 Å². The first-order chi connectivity index (χ1) is 29.6. The number of rotatable bonds is 41. The van der Waals surface area contributed by atoms with Crippen molar-refractivity contribution in [3.05, 3.63) is 48.6 Å². The Kier molecular flexibility index (Phi) is 37.1. The molecule has 1 saturated heterocycles. The average Bonchev–Trinajstić information content (AvgIpc) is 3.23. The van der Waals surface area contributed by atoms with E-state index >= 15 is 0 Å². The number of hydrogen-bond acceptors (Lipinski definition) is 11. The highest BCUT2D eigenvalue weighted by molar-refractivity contribution is 7.80. The maximum absolute atomic E-state index is 12.9. The van der Waals surface area contributed by atoms with E-state index in [1.54, 1.807) is 0 Å². The van der Waals surface area contributed by atoms with Crippen molar-refractivity contribution in [2.45, 2.75) is 224 Å². The monoisotopic (exact) mass is 887 g/mol. The number of esters is 1. The normalized spacial score (nSPS) is 20.5. The molecule has 356 valence electrons. The Bertz CT molecular complexity index is 1250. The van der Waals surface area contributed by atoms with E-state index in [0.29, 0.717) is 13.0 Å². The van der Waals surface area contributed by atoms with Crippen LogP contribution in [-0.4, -0.2) is 97.5 Å². The van der Waals surface area contributed by atoms with Gasteiger partial charge in [0.15, 0.2) is 6.29 Å². The van der Waals surface area contributed by atoms with Crippen LogP contribution >= 0.6 is 0 Å². The Morgan fingerprint density at radius 1 is 0.639 bits per heavy atom. The van der Waals surface area contributed by atoms with Gasteiger partial charge < -0.3 is 34.3 Å².